The molecule has 0 aliphatic carbocycles. The number of hydrogen-bond donors (Lipinski definition) is 12. The Morgan fingerprint density at radius 1 is 0.768 bits per heavy atom. The van der Waals surface area contributed by atoms with E-state index in [1.807, 2.05) is 0 Å². The van der Waals surface area contributed by atoms with Gasteiger partial charge in [0.05, 0.1) is 61.2 Å². The van der Waals surface area contributed by atoms with Gasteiger partial charge in [0.1, 0.15) is 12.1 Å². The molecule has 0 radical (unpaired) electrons. The van der Waals surface area contributed by atoms with Crippen LogP contribution in [0.15, 0.2) is 48.5 Å². The van der Waals surface area contributed by atoms with Crippen LogP contribution in [0, 0.1) is 35.5 Å². The number of ketones is 3. The minimum atomic E-state index is -1.58. The van der Waals surface area contributed by atoms with Crippen molar-refractivity contribution in [1.82, 2.24) is 52.0 Å². The number of aliphatic hydroxyl groups is 3. The SMILES string of the molecule is CCC(C)C1NC(=O)CNC(=O)C2Cc3c([nH]c4ccccc34)CCC(NC(=O)CNC1=O)C(=O)CC(CC(=O)NCc1ccc(NC(=O)[C@H](C)CC(=O)[C@@H](NC(=O)CCN3C(=O)CC(SC)C3=O)C(C)C)cc1)C(=O)N1CC(O)CC1C(=O)CC(C(C)C(O)CO)C(=O)N2. The standard InChI is InChI=1S/C66H89N11O17S/c1-8-34(4)60-64(92)69-29-56(86)72-46-18-17-45-43(41-11-9-10-12-44(41)71-45)25-47(63(91)68-30-57(87)75-60)73-62(90)42(36(6)52(83)32-78)26-50(81)48-24-40(79)31-77(48)65(93)38(22-49(46)80)23-55(85)67-28-37-13-15-39(16-14-37)70-61(89)35(5)21-51(82)59(33(2)3)74-54(84)19-20-76-58(88)27-53(95-7)66(76)94/h9-16,33-36,38,40,42,46-48,52-53,59-60,71,78-79,83H,8,17-32H2,1-7H3,(H,67,85)(H,68,91)(H,69,92)(H,70,89)(H,72,86)(H,73,90)(H,74,84)(H,75,87)/t34?,35-,36?,38?,40?,42?,46?,47?,48?,52?,53?,59+,60?/m1/s1. The molecule has 11 unspecified atom stereocenters. The maximum absolute atomic E-state index is 15.1. The number of carbonyl (C=O) groups is 14. The summed E-state index contributed by atoms with van der Waals surface area (Å²) in [6.45, 7) is 7.03. The number of H-pyrrole nitrogens is 1. The molecule has 95 heavy (non-hydrogen) atoms. The van der Waals surface area contributed by atoms with E-state index >= 15 is 9.59 Å². The van der Waals surface area contributed by atoms with Crippen LogP contribution in [0.25, 0.3) is 10.9 Å². The van der Waals surface area contributed by atoms with E-state index in [9.17, 15) is 72.9 Å². The fraction of sp³-hybridized carbons (Fsp3) is 0.576. The van der Waals surface area contributed by atoms with Gasteiger partial charge in [-0.25, -0.2) is 0 Å². The molecule has 2 aromatic carbocycles. The van der Waals surface area contributed by atoms with Crippen LogP contribution in [0.2, 0.25) is 0 Å². The number of nitrogens with one attached hydrogen (secondary N) is 9. The van der Waals surface area contributed by atoms with E-state index in [1.54, 1.807) is 89.4 Å². The van der Waals surface area contributed by atoms with E-state index in [0.717, 1.165) is 9.80 Å². The number of aromatic amines is 1. The van der Waals surface area contributed by atoms with Crippen LogP contribution in [0.4, 0.5) is 5.69 Å². The molecule has 0 saturated carbocycles. The van der Waals surface area contributed by atoms with Crippen molar-refractivity contribution in [2.75, 3.05) is 44.4 Å². The number of imide groups is 1. The molecule has 4 aliphatic heterocycles. The van der Waals surface area contributed by atoms with Gasteiger partial charge in [-0.2, -0.15) is 11.8 Å². The molecule has 13 atom stereocenters. The second kappa shape index (κ2) is 33.8. The second-order valence-corrected chi connectivity index (χ2v) is 26.7. The summed E-state index contributed by atoms with van der Waals surface area (Å²) < 4.78 is 0. The molecule has 1 aromatic heterocycles. The van der Waals surface area contributed by atoms with Crippen LogP contribution in [0.5, 0.6) is 0 Å². The maximum atomic E-state index is 15.1. The van der Waals surface area contributed by atoms with Gasteiger partial charge in [0.2, 0.25) is 65.0 Å². The van der Waals surface area contributed by atoms with Crippen molar-refractivity contribution in [3.63, 3.8) is 0 Å². The molecule has 2 saturated heterocycles. The number of anilines is 1. The number of aromatic nitrogens is 1. The molecule has 29 heteroatoms. The highest BCUT2D eigenvalue weighted by molar-refractivity contribution is 8.00. The number of carbonyl (C=O) groups excluding carboxylic acids is 14. The number of likely N-dealkylation sites (tertiary alicyclic amines) is 1. The van der Waals surface area contributed by atoms with Gasteiger partial charge >= 0.3 is 0 Å². The van der Waals surface area contributed by atoms with Crippen molar-refractivity contribution in [3.8, 4) is 0 Å². The highest BCUT2D eigenvalue weighted by Gasteiger charge is 2.46. The summed E-state index contributed by atoms with van der Waals surface area (Å²) in [6, 6.07) is 6.80. The lowest BCUT2D eigenvalue weighted by Crippen LogP contribution is -2.56. The first-order valence-electron chi connectivity index (χ1n) is 32.3. The summed E-state index contributed by atoms with van der Waals surface area (Å²) in [5, 5.41) is 53.8. The smallest absolute Gasteiger partial charge is 0.243 e. The van der Waals surface area contributed by atoms with Crippen molar-refractivity contribution < 1.29 is 82.4 Å². The van der Waals surface area contributed by atoms with Crippen molar-refractivity contribution in [3.05, 3.63) is 65.4 Å². The zero-order valence-corrected chi connectivity index (χ0v) is 55.4. The summed E-state index contributed by atoms with van der Waals surface area (Å²) in [7, 11) is 0. The Kier molecular flexibility index (Phi) is 26.3. The van der Waals surface area contributed by atoms with Crippen LogP contribution in [-0.2, 0) is 86.5 Å². The Labute approximate surface area is 554 Å². The molecular formula is C66H89N11O17S. The highest BCUT2D eigenvalue weighted by atomic mass is 32.2. The number of benzene rings is 2. The quantitative estimate of drug-likeness (QED) is 0.0650. The Morgan fingerprint density at radius 3 is 2.12 bits per heavy atom. The average molecular weight is 1340 g/mol. The first kappa shape index (κ1) is 74.0. The van der Waals surface area contributed by atoms with Crippen molar-refractivity contribution in [1.29, 1.82) is 0 Å². The second-order valence-electron chi connectivity index (χ2n) is 25.7. The Balaban J connectivity index is 1.13. The summed E-state index contributed by atoms with van der Waals surface area (Å²) in [6.07, 6.45) is -3.98. The van der Waals surface area contributed by atoms with Gasteiger partial charge < -0.3 is 67.7 Å². The molecule has 11 amide bonds. The van der Waals surface area contributed by atoms with Gasteiger partial charge in [0.25, 0.3) is 0 Å². The number of hydrogen-bond acceptors (Lipinski definition) is 18. The number of rotatable bonds is 20. The predicted octanol–water partition coefficient (Wildman–Crippen LogP) is -0.233. The zero-order valence-electron chi connectivity index (χ0n) is 54.6. The summed E-state index contributed by atoms with van der Waals surface area (Å²) in [5.74, 6) is -15.4. The lowest BCUT2D eigenvalue weighted by Gasteiger charge is -2.32. The van der Waals surface area contributed by atoms with E-state index in [1.165, 1.54) is 18.7 Å². The lowest BCUT2D eigenvalue weighted by molar-refractivity contribution is -0.145. The van der Waals surface area contributed by atoms with Gasteiger partial charge in [-0.05, 0) is 66.2 Å². The molecule has 28 nitrogen and oxygen atoms in total. The molecule has 5 heterocycles. The van der Waals surface area contributed by atoms with Gasteiger partial charge in [0, 0.05) is 105 Å². The minimum Gasteiger partial charge on any atom is -0.394 e. The third-order valence-corrected chi connectivity index (χ3v) is 19.3. The third kappa shape index (κ3) is 19.4. The molecule has 3 aromatic rings. The average Bonchev–Trinajstić information content (AvgIpc) is 1.77. The van der Waals surface area contributed by atoms with Crippen LogP contribution in [0.1, 0.15) is 116 Å². The predicted molar refractivity (Wildman–Crippen MR) is 347 cm³/mol. The van der Waals surface area contributed by atoms with Crippen LogP contribution in [-0.4, -0.2) is 199 Å². The van der Waals surface area contributed by atoms with E-state index in [0.29, 0.717) is 39.8 Å². The van der Waals surface area contributed by atoms with Crippen molar-refractivity contribution in [2.24, 2.45) is 35.5 Å². The molecule has 2 bridgehead atoms. The van der Waals surface area contributed by atoms with Crippen LogP contribution >= 0.6 is 11.8 Å². The van der Waals surface area contributed by atoms with Gasteiger partial charge in [0.15, 0.2) is 17.3 Å². The molecular weight excluding hydrogens is 1250 g/mol. The Bertz CT molecular complexity index is 3390. The number of amides is 11. The highest BCUT2D eigenvalue weighted by Crippen LogP contribution is 2.32. The Morgan fingerprint density at radius 2 is 1.45 bits per heavy atom. The summed E-state index contributed by atoms with van der Waals surface area (Å²) in [4.78, 5) is 200. The van der Waals surface area contributed by atoms with E-state index in [2.05, 4.69) is 47.5 Å². The van der Waals surface area contributed by atoms with E-state index < -0.39 is 193 Å². The molecule has 0 spiro atoms. The van der Waals surface area contributed by atoms with Gasteiger partial charge in [-0.1, -0.05) is 78.3 Å². The number of para-hydroxylation sites is 1. The monoisotopic (exact) mass is 1340 g/mol. The largest absolute Gasteiger partial charge is 0.394 e. The molecule has 12 N–H and O–H groups in total. The van der Waals surface area contributed by atoms with Crippen LogP contribution < -0.4 is 42.5 Å². The number of fused-ring (bicyclic) bond motifs is 5. The normalized spacial score (nSPS) is 24.7. The molecule has 4 aliphatic rings. The van der Waals surface area contributed by atoms with E-state index in [-0.39, 0.29) is 75.8 Å². The number of aliphatic hydroxyl groups excluding tert-OH is 3. The van der Waals surface area contributed by atoms with Crippen molar-refractivity contribution in [2.45, 2.75) is 166 Å². The number of thioether (sulfide) groups is 1. The van der Waals surface area contributed by atoms with E-state index in [4.69, 9.17) is 0 Å². The fourth-order valence-corrected chi connectivity index (χ4v) is 13.0. The number of Topliss-reactive ketones (excluding diaryl/α,β-unsaturated/α-hetero) is 3. The minimum absolute atomic E-state index is 0.0123. The Hall–Kier alpha value is -8.41. The van der Waals surface area contributed by atoms with Crippen LogP contribution in [0.3, 0.4) is 0 Å². The number of aryl methyl sites for hydroxylation is 1. The zero-order chi connectivity index (χ0) is 69.5. The summed E-state index contributed by atoms with van der Waals surface area (Å²) in [5.41, 5.74) is 2.39. The summed E-state index contributed by atoms with van der Waals surface area (Å²) >= 11 is 1.26. The van der Waals surface area contributed by atoms with Gasteiger partial charge in [-0.15, -0.1) is 0 Å². The topological polar surface area (TPSA) is 418 Å². The first-order valence-corrected chi connectivity index (χ1v) is 33.6. The fourth-order valence-electron chi connectivity index (χ4n) is 12.4. The first-order chi connectivity index (χ1) is 45.1. The lowest BCUT2D eigenvalue weighted by atomic mass is 9.82. The van der Waals surface area contributed by atoms with Crippen molar-refractivity contribution >= 4 is 111 Å². The van der Waals surface area contributed by atoms with Gasteiger partial charge in [-0.3, -0.25) is 72.0 Å². The molecule has 516 valence electrons. The molecule has 7 rings (SSSR count). The maximum Gasteiger partial charge on any atom is 0.243 e. The molecule has 2 fully saturated rings. The third-order valence-electron chi connectivity index (χ3n) is 18.4. The number of nitrogens with zero attached hydrogens (tertiary/aromatic N) is 2.